The fourth-order valence-electron chi connectivity index (χ4n) is 3.48. The number of fused-ring (bicyclic) bond motifs is 1. The van der Waals surface area contributed by atoms with E-state index in [-0.39, 0.29) is 18.0 Å². The highest BCUT2D eigenvalue weighted by Crippen LogP contribution is 2.35. The van der Waals surface area contributed by atoms with Crippen LogP contribution in [0.25, 0.3) is 0 Å². The van der Waals surface area contributed by atoms with Gasteiger partial charge in [0.1, 0.15) is 6.17 Å². The first kappa shape index (κ1) is 17.8. The van der Waals surface area contributed by atoms with Crippen LogP contribution in [0.3, 0.4) is 0 Å². The number of nitrogens with one attached hydrogen (secondary N) is 2. The van der Waals surface area contributed by atoms with Gasteiger partial charge in [0.2, 0.25) is 5.91 Å². The molecule has 5 nitrogen and oxygen atoms in total. The van der Waals surface area contributed by atoms with Gasteiger partial charge in [0, 0.05) is 36.0 Å². The lowest BCUT2D eigenvalue weighted by Gasteiger charge is -2.27. The summed E-state index contributed by atoms with van der Waals surface area (Å²) in [4.78, 5) is 26.1. The Morgan fingerprint density at radius 2 is 1.54 bits per heavy atom. The minimum absolute atomic E-state index is 0.0202. The number of carbonyl (C=O) groups excluding carboxylic acids is 2. The largest absolute Gasteiger partial charge is 0.361 e. The summed E-state index contributed by atoms with van der Waals surface area (Å²) in [6.07, 6.45) is -0.254. The minimum Gasteiger partial charge on any atom is -0.361 e. The Bertz CT molecular complexity index is 1000. The molecule has 2 amide bonds. The molecule has 0 radical (unpaired) electrons. The predicted octanol–water partition coefficient (Wildman–Crippen LogP) is 4.41. The highest BCUT2D eigenvalue weighted by Gasteiger charge is 2.36. The molecule has 0 aliphatic carbocycles. The first-order chi connectivity index (χ1) is 13.6. The van der Waals surface area contributed by atoms with Crippen LogP contribution in [0, 0.1) is 0 Å². The molecular weight excluding hydrogens is 350 g/mol. The van der Waals surface area contributed by atoms with Gasteiger partial charge < -0.3 is 15.5 Å². The van der Waals surface area contributed by atoms with E-state index in [0.29, 0.717) is 6.54 Å². The average molecular weight is 371 g/mol. The van der Waals surface area contributed by atoms with Crippen molar-refractivity contribution in [2.45, 2.75) is 19.6 Å². The van der Waals surface area contributed by atoms with Crippen molar-refractivity contribution in [2.75, 3.05) is 10.6 Å². The zero-order valence-electron chi connectivity index (χ0n) is 15.6. The molecule has 3 aromatic rings. The first-order valence-corrected chi connectivity index (χ1v) is 9.20. The fourth-order valence-corrected chi connectivity index (χ4v) is 3.48. The normalized spacial score (nSPS) is 15.2. The number of benzene rings is 3. The SMILES string of the molecule is CC(=O)Nc1ccc(N[C@@H]2c3ccccc3C(=O)N2Cc2ccccc2)cc1. The first-order valence-electron chi connectivity index (χ1n) is 9.20. The van der Waals surface area contributed by atoms with Gasteiger partial charge in [0.05, 0.1) is 0 Å². The van der Waals surface area contributed by atoms with Gasteiger partial charge in [-0.1, -0.05) is 48.5 Å². The molecule has 28 heavy (non-hydrogen) atoms. The number of hydrogen-bond donors (Lipinski definition) is 2. The summed E-state index contributed by atoms with van der Waals surface area (Å²) in [6, 6.07) is 25.2. The molecule has 5 heteroatoms. The number of carbonyl (C=O) groups is 2. The summed E-state index contributed by atoms with van der Waals surface area (Å²) in [7, 11) is 0. The number of amides is 2. The molecule has 1 atom stereocenters. The molecule has 1 heterocycles. The zero-order valence-corrected chi connectivity index (χ0v) is 15.6. The molecule has 4 rings (SSSR count). The van der Waals surface area contributed by atoms with E-state index in [9.17, 15) is 9.59 Å². The molecule has 140 valence electrons. The average Bonchev–Trinajstić information content (AvgIpc) is 2.96. The van der Waals surface area contributed by atoms with Crippen LogP contribution < -0.4 is 10.6 Å². The smallest absolute Gasteiger partial charge is 0.256 e. The topological polar surface area (TPSA) is 61.4 Å². The van der Waals surface area contributed by atoms with E-state index in [2.05, 4.69) is 10.6 Å². The fraction of sp³-hybridized carbons (Fsp3) is 0.130. The summed E-state index contributed by atoms with van der Waals surface area (Å²) in [6.45, 7) is 2.00. The maximum absolute atomic E-state index is 13.0. The molecule has 1 aliphatic heterocycles. The molecule has 3 aromatic carbocycles. The third-order valence-corrected chi connectivity index (χ3v) is 4.76. The van der Waals surface area contributed by atoms with Crippen molar-refractivity contribution in [1.29, 1.82) is 0 Å². The summed E-state index contributed by atoms with van der Waals surface area (Å²) >= 11 is 0. The van der Waals surface area contributed by atoms with Crippen molar-refractivity contribution in [3.05, 3.63) is 95.6 Å². The molecule has 2 N–H and O–H groups in total. The van der Waals surface area contributed by atoms with E-state index in [0.717, 1.165) is 28.1 Å². The van der Waals surface area contributed by atoms with Crippen molar-refractivity contribution < 1.29 is 9.59 Å². The maximum atomic E-state index is 13.0. The van der Waals surface area contributed by atoms with Gasteiger partial charge in [-0.2, -0.15) is 0 Å². The Hall–Kier alpha value is -3.60. The van der Waals surface area contributed by atoms with Crippen LogP contribution in [0.4, 0.5) is 11.4 Å². The Balaban J connectivity index is 1.61. The number of nitrogens with zero attached hydrogens (tertiary/aromatic N) is 1. The summed E-state index contributed by atoms with van der Waals surface area (Å²) in [5.41, 5.74) is 4.39. The summed E-state index contributed by atoms with van der Waals surface area (Å²) in [5, 5.41) is 6.23. The molecule has 0 bridgehead atoms. The van der Waals surface area contributed by atoms with Crippen LogP contribution in [-0.4, -0.2) is 16.7 Å². The van der Waals surface area contributed by atoms with Gasteiger partial charge >= 0.3 is 0 Å². The Kier molecular flexibility index (Phi) is 4.81. The molecule has 0 spiro atoms. The van der Waals surface area contributed by atoms with E-state index in [1.54, 1.807) is 0 Å². The lowest BCUT2D eigenvalue weighted by atomic mass is 10.1. The number of rotatable bonds is 5. The van der Waals surface area contributed by atoms with Crippen molar-refractivity contribution in [3.63, 3.8) is 0 Å². The van der Waals surface area contributed by atoms with Crippen LogP contribution in [0.5, 0.6) is 0 Å². The third-order valence-electron chi connectivity index (χ3n) is 4.76. The summed E-state index contributed by atoms with van der Waals surface area (Å²) in [5.74, 6) is -0.0862. The van der Waals surface area contributed by atoms with E-state index in [1.807, 2.05) is 83.8 Å². The third kappa shape index (κ3) is 3.60. The zero-order chi connectivity index (χ0) is 19.5. The quantitative estimate of drug-likeness (QED) is 0.698. The van der Waals surface area contributed by atoms with E-state index >= 15 is 0 Å². The highest BCUT2D eigenvalue weighted by molar-refractivity contribution is 5.99. The van der Waals surface area contributed by atoms with Crippen LogP contribution in [0.15, 0.2) is 78.9 Å². The second-order valence-electron chi connectivity index (χ2n) is 6.81. The van der Waals surface area contributed by atoms with Crippen LogP contribution in [-0.2, 0) is 11.3 Å². The molecule has 0 saturated heterocycles. The molecule has 0 unspecified atom stereocenters. The van der Waals surface area contributed by atoms with Crippen LogP contribution >= 0.6 is 0 Å². The van der Waals surface area contributed by atoms with Crippen LogP contribution in [0.1, 0.15) is 34.6 Å². The van der Waals surface area contributed by atoms with Gasteiger partial charge in [-0.3, -0.25) is 9.59 Å². The maximum Gasteiger partial charge on any atom is 0.256 e. The van der Waals surface area contributed by atoms with Crippen molar-refractivity contribution in [1.82, 2.24) is 4.90 Å². The van der Waals surface area contributed by atoms with Crippen LogP contribution in [0.2, 0.25) is 0 Å². The highest BCUT2D eigenvalue weighted by atomic mass is 16.2. The van der Waals surface area contributed by atoms with Crippen molar-refractivity contribution >= 4 is 23.2 Å². The van der Waals surface area contributed by atoms with Crippen molar-refractivity contribution in [3.8, 4) is 0 Å². The molecule has 1 aliphatic rings. The molecular formula is C23H21N3O2. The van der Waals surface area contributed by atoms with Gasteiger partial charge in [-0.15, -0.1) is 0 Å². The monoisotopic (exact) mass is 371 g/mol. The molecule has 0 saturated carbocycles. The Morgan fingerprint density at radius 3 is 2.25 bits per heavy atom. The molecule has 0 fully saturated rings. The van der Waals surface area contributed by atoms with Gasteiger partial charge in [-0.05, 0) is 35.9 Å². The van der Waals surface area contributed by atoms with E-state index < -0.39 is 0 Å². The Labute approximate surface area is 164 Å². The van der Waals surface area contributed by atoms with E-state index in [1.165, 1.54) is 6.92 Å². The predicted molar refractivity (Wildman–Crippen MR) is 110 cm³/mol. The second kappa shape index (κ2) is 7.56. The van der Waals surface area contributed by atoms with Gasteiger partial charge in [0.15, 0.2) is 0 Å². The van der Waals surface area contributed by atoms with Gasteiger partial charge in [-0.25, -0.2) is 0 Å². The van der Waals surface area contributed by atoms with Gasteiger partial charge in [0.25, 0.3) is 5.91 Å². The standard InChI is InChI=1S/C23H21N3O2/c1-16(27)24-18-11-13-19(14-12-18)25-22-20-9-5-6-10-21(20)23(28)26(22)15-17-7-3-2-4-8-17/h2-14,22,25H,15H2,1H3,(H,24,27)/t22-/m0/s1. The lowest BCUT2D eigenvalue weighted by molar-refractivity contribution is -0.114. The second-order valence-corrected chi connectivity index (χ2v) is 6.81. The Morgan fingerprint density at radius 1 is 0.893 bits per heavy atom. The van der Waals surface area contributed by atoms with E-state index in [4.69, 9.17) is 0 Å². The molecule has 0 aromatic heterocycles. The lowest BCUT2D eigenvalue weighted by Crippen LogP contribution is -2.31. The summed E-state index contributed by atoms with van der Waals surface area (Å²) < 4.78 is 0. The number of anilines is 2. The number of hydrogen-bond acceptors (Lipinski definition) is 3. The van der Waals surface area contributed by atoms with Crippen molar-refractivity contribution in [2.24, 2.45) is 0 Å². The minimum atomic E-state index is -0.254.